The standard InChI is InChI=1S/C36H40N6O4/c1-25-22-29-30(37-24-27-8-7-16-41(27)35(29)43)23-32(25)46-21-6-5-14-39-17-19-40(20-18-39)36(44)33-31-9-3-4-15-42(31)34(38-33)26-10-12-28(45-2)13-11-26/h3-4,9-13,15,22-24,27H,5-8,14,16-21H2,1-2H3/t27-/m0/s1. The van der Waals surface area contributed by atoms with E-state index >= 15 is 0 Å². The van der Waals surface area contributed by atoms with Crippen LogP contribution in [0, 0.1) is 6.92 Å². The SMILES string of the molecule is COc1ccc(-c2nc(C(=O)N3CCN(CCCCOc4cc5c(cc4C)C(=O)N4CCC[C@H]4C=N5)CC3)c3ccccn23)cc1. The number of ether oxygens (including phenoxy) is 2. The number of fused-ring (bicyclic) bond motifs is 3. The second-order valence-corrected chi connectivity index (χ2v) is 12.3. The van der Waals surface area contributed by atoms with Gasteiger partial charge in [0, 0.05) is 56.8 Å². The minimum absolute atomic E-state index is 0.0286. The summed E-state index contributed by atoms with van der Waals surface area (Å²) in [5.74, 6) is 2.35. The number of aryl methyl sites for hydroxylation is 1. The van der Waals surface area contributed by atoms with E-state index in [0.29, 0.717) is 36.6 Å². The van der Waals surface area contributed by atoms with E-state index in [2.05, 4.69) is 9.89 Å². The molecule has 5 heterocycles. The van der Waals surface area contributed by atoms with Gasteiger partial charge in [-0.05, 0) is 87.2 Å². The molecule has 7 rings (SSSR count). The number of aliphatic imine (C=N–C) groups is 1. The number of piperazine rings is 1. The van der Waals surface area contributed by atoms with Crippen molar-refractivity contribution in [1.82, 2.24) is 24.1 Å². The summed E-state index contributed by atoms with van der Waals surface area (Å²) in [6.07, 6.45) is 7.79. The Labute approximate surface area is 269 Å². The molecule has 238 valence electrons. The fraction of sp³-hybridized carbons (Fsp3) is 0.389. The molecule has 1 atom stereocenters. The van der Waals surface area contributed by atoms with E-state index in [1.54, 1.807) is 7.11 Å². The molecule has 2 saturated heterocycles. The Morgan fingerprint density at radius 1 is 1.00 bits per heavy atom. The minimum Gasteiger partial charge on any atom is -0.497 e. The van der Waals surface area contributed by atoms with Crippen LogP contribution in [0.4, 0.5) is 5.69 Å². The van der Waals surface area contributed by atoms with Crippen molar-refractivity contribution < 1.29 is 19.1 Å². The van der Waals surface area contributed by atoms with Crippen LogP contribution in [0.5, 0.6) is 11.5 Å². The molecule has 10 heteroatoms. The second-order valence-electron chi connectivity index (χ2n) is 12.3. The average molecular weight is 621 g/mol. The number of carbonyl (C=O) groups excluding carboxylic acids is 2. The third-order valence-electron chi connectivity index (χ3n) is 9.35. The minimum atomic E-state index is -0.0286. The number of aromatic nitrogens is 2. The first-order valence-corrected chi connectivity index (χ1v) is 16.3. The van der Waals surface area contributed by atoms with Crippen LogP contribution in [0.15, 0.2) is 65.8 Å². The Morgan fingerprint density at radius 2 is 1.83 bits per heavy atom. The van der Waals surface area contributed by atoms with Gasteiger partial charge >= 0.3 is 0 Å². The van der Waals surface area contributed by atoms with Gasteiger partial charge in [0.2, 0.25) is 0 Å². The molecule has 4 aromatic rings. The lowest BCUT2D eigenvalue weighted by Crippen LogP contribution is -2.49. The van der Waals surface area contributed by atoms with Crippen LogP contribution in [0.25, 0.3) is 16.9 Å². The first kappa shape index (κ1) is 30.0. The number of amides is 2. The van der Waals surface area contributed by atoms with Gasteiger partial charge in [-0.2, -0.15) is 0 Å². The Hall–Kier alpha value is -4.70. The van der Waals surface area contributed by atoms with Crippen molar-refractivity contribution in [3.8, 4) is 22.9 Å². The largest absolute Gasteiger partial charge is 0.497 e. The van der Waals surface area contributed by atoms with Crippen LogP contribution >= 0.6 is 0 Å². The van der Waals surface area contributed by atoms with E-state index < -0.39 is 0 Å². The molecule has 2 aromatic carbocycles. The summed E-state index contributed by atoms with van der Waals surface area (Å²) < 4.78 is 13.4. The van der Waals surface area contributed by atoms with Gasteiger partial charge in [0.25, 0.3) is 11.8 Å². The molecule has 2 fully saturated rings. The maximum absolute atomic E-state index is 13.7. The van der Waals surface area contributed by atoms with Gasteiger partial charge in [-0.25, -0.2) is 4.98 Å². The van der Waals surface area contributed by atoms with Gasteiger partial charge < -0.3 is 19.3 Å². The number of methoxy groups -OCH3 is 1. The number of unbranched alkanes of at least 4 members (excludes halogenated alkanes) is 1. The van der Waals surface area contributed by atoms with Crippen LogP contribution in [-0.4, -0.2) is 101 Å². The fourth-order valence-electron chi connectivity index (χ4n) is 6.71. The quantitative estimate of drug-likeness (QED) is 0.237. The number of pyridine rings is 1. The molecule has 46 heavy (non-hydrogen) atoms. The lowest BCUT2D eigenvalue weighted by atomic mass is 10.1. The highest BCUT2D eigenvalue weighted by Gasteiger charge is 2.32. The summed E-state index contributed by atoms with van der Waals surface area (Å²) in [4.78, 5) is 42.5. The molecule has 0 spiro atoms. The topological polar surface area (TPSA) is 92.0 Å². The molecule has 3 aliphatic heterocycles. The van der Waals surface area contributed by atoms with Crippen LogP contribution in [-0.2, 0) is 0 Å². The lowest BCUT2D eigenvalue weighted by molar-refractivity contribution is 0.0630. The Bertz CT molecular complexity index is 1770. The summed E-state index contributed by atoms with van der Waals surface area (Å²) in [6, 6.07) is 17.5. The predicted octanol–water partition coefficient (Wildman–Crippen LogP) is 5.26. The molecule has 0 bridgehead atoms. The third-order valence-corrected chi connectivity index (χ3v) is 9.35. The van der Waals surface area contributed by atoms with Crippen LogP contribution in [0.3, 0.4) is 0 Å². The molecule has 10 nitrogen and oxygen atoms in total. The number of nitrogens with zero attached hydrogens (tertiary/aromatic N) is 6. The van der Waals surface area contributed by atoms with Crippen LogP contribution in [0.2, 0.25) is 0 Å². The molecule has 3 aliphatic rings. The van der Waals surface area contributed by atoms with Gasteiger partial charge in [-0.3, -0.25) is 23.9 Å². The van der Waals surface area contributed by atoms with Gasteiger partial charge in [0.1, 0.15) is 17.3 Å². The summed E-state index contributed by atoms with van der Waals surface area (Å²) >= 11 is 0. The zero-order valence-electron chi connectivity index (χ0n) is 26.5. The second kappa shape index (κ2) is 13.0. The van der Waals surface area contributed by atoms with E-state index in [1.165, 1.54) is 0 Å². The number of hydrogen-bond acceptors (Lipinski definition) is 7. The molecule has 0 N–H and O–H groups in total. The Morgan fingerprint density at radius 3 is 2.63 bits per heavy atom. The molecule has 2 amide bonds. The summed E-state index contributed by atoms with van der Waals surface area (Å²) in [6.45, 7) is 7.36. The number of rotatable bonds is 9. The lowest BCUT2D eigenvalue weighted by Gasteiger charge is -2.34. The summed E-state index contributed by atoms with van der Waals surface area (Å²) in [5, 5.41) is 0. The summed E-state index contributed by atoms with van der Waals surface area (Å²) in [5.41, 5.74) is 4.55. The monoisotopic (exact) mass is 620 g/mol. The highest BCUT2D eigenvalue weighted by molar-refractivity contribution is 6.03. The normalized spacial score (nSPS) is 18.0. The van der Waals surface area contributed by atoms with E-state index in [-0.39, 0.29) is 17.9 Å². The molecular weight excluding hydrogens is 580 g/mol. The van der Waals surface area contributed by atoms with Crippen molar-refractivity contribution in [2.45, 2.75) is 38.6 Å². The van der Waals surface area contributed by atoms with Crippen molar-refractivity contribution in [3.63, 3.8) is 0 Å². The first-order valence-electron chi connectivity index (χ1n) is 16.3. The highest BCUT2D eigenvalue weighted by Crippen LogP contribution is 2.34. The summed E-state index contributed by atoms with van der Waals surface area (Å²) in [7, 11) is 1.65. The molecule has 2 aromatic heterocycles. The number of benzene rings is 2. The number of imidazole rings is 1. The predicted molar refractivity (Wildman–Crippen MR) is 178 cm³/mol. The van der Waals surface area contributed by atoms with Crippen LogP contribution < -0.4 is 9.47 Å². The zero-order chi connectivity index (χ0) is 31.6. The van der Waals surface area contributed by atoms with E-state index in [4.69, 9.17) is 14.5 Å². The van der Waals surface area contributed by atoms with Gasteiger partial charge in [-0.1, -0.05) is 6.07 Å². The van der Waals surface area contributed by atoms with E-state index in [9.17, 15) is 9.59 Å². The molecule has 0 aliphatic carbocycles. The van der Waals surface area contributed by atoms with E-state index in [0.717, 1.165) is 85.8 Å². The van der Waals surface area contributed by atoms with E-state index in [1.807, 2.05) is 88.1 Å². The number of carbonyl (C=O) groups is 2. The van der Waals surface area contributed by atoms with Crippen molar-refractivity contribution in [3.05, 3.63) is 77.6 Å². The zero-order valence-corrected chi connectivity index (χ0v) is 26.5. The molecule has 0 saturated carbocycles. The van der Waals surface area contributed by atoms with Gasteiger partial charge in [0.05, 0.1) is 36.5 Å². The van der Waals surface area contributed by atoms with Crippen molar-refractivity contribution >= 4 is 29.2 Å². The molecular formula is C36H40N6O4. The van der Waals surface area contributed by atoms with Crippen LogP contribution in [0.1, 0.15) is 52.1 Å². The van der Waals surface area contributed by atoms with Crippen molar-refractivity contribution in [2.24, 2.45) is 4.99 Å². The highest BCUT2D eigenvalue weighted by atomic mass is 16.5. The first-order chi connectivity index (χ1) is 22.5. The Kier molecular flexibility index (Phi) is 8.45. The third kappa shape index (κ3) is 5.85. The van der Waals surface area contributed by atoms with Crippen molar-refractivity contribution in [2.75, 3.05) is 53.0 Å². The van der Waals surface area contributed by atoms with Crippen molar-refractivity contribution in [1.29, 1.82) is 0 Å². The van der Waals surface area contributed by atoms with Gasteiger partial charge in [-0.15, -0.1) is 0 Å². The molecule has 0 unspecified atom stereocenters. The fourth-order valence-corrected chi connectivity index (χ4v) is 6.71. The Balaban J connectivity index is 0.905. The smallest absolute Gasteiger partial charge is 0.274 e. The van der Waals surface area contributed by atoms with Gasteiger partial charge in [0.15, 0.2) is 5.69 Å². The molecule has 0 radical (unpaired) electrons. The maximum Gasteiger partial charge on any atom is 0.274 e. The maximum atomic E-state index is 13.7. The number of hydrogen-bond donors (Lipinski definition) is 0. The average Bonchev–Trinajstić information content (AvgIpc) is 3.70.